The first kappa shape index (κ1) is 16.3. The largest absolute Gasteiger partial charge is 0.491 e. The van der Waals surface area contributed by atoms with Gasteiger partial charge in [-0.05, 0) is 18.1 Å². The Balaban J connectivity index is 1.29. The van der Waals surface area contributed by atoms with Gasteiger partial charge in [0.15, 0.2) is 0 Å². The lowest BCUT2D eigenvalue weighted by Crippen LogP contribution is -2.42. The van der Waals surface area contributed by atoms with E-state index in [1.807, 2.05) is 54.6 Å². The van der Waals surface area contributed by atoms with Crippen molar-refractivity contribution in [1.29, 1.82) is 0 Å². The van der Waals surface area contributed by atoms with Crippen LogP contribution in [0.15, 0.2) is 59.1 Å². The molecule has 2 heterocycles. The minimum atomic E-state index is -0.0440. The molecule has 0 saturated carbocycles. The van der Waals surface area contributed by atoms with Gasteiger partial charge in [0.1, 0.15) is 12.4 Å². The van der Waals surface area contributed by atoms with Crippen LogP contribution in [0.25, 0.3) is 11.4 Å². The monoisotopic (exact) mass is 349 g/mol. The molecule has 0 spiro atoms. The Labute approximate surface area is 151 Å². The fourth-order valence-corrected chi connectivity index (χ4v) is 3.00. The molecule has 6 nitrogen and oxygen atoms in total. The summed E-state index contributed by atoms with van der Waals surface area (Å²) in [6.45, 7) is 0.488. The smallest absolute Gasteiger partial charge is 0.227 e. The first-order valence-electron chi connectivity index (χ1n) is 8.66. The van der Waals surface area contributed by atoms with Gasteiger partial charge in [-0.2, -0.15) is 4.98 Å². The highest BCUT2D eigenvalue weighted by Gasteiger charge is 2.21. The summed E-state index contributed by atoms with van der Waals surface area (Å²) in [5, 5.41) is 6.98. The van der Waals surface area contributed by atoms with Crippen molar-refractivity contribution in [1.82, 2.24) is 15.5 Å². The minimum absolute atomic E-state index is 0.0139. The molecule has 0 radical (unpaired) electrons. The van der Waals surface area contributed by atoms with Gasteiger partial charge in [-0.1, -0.05) is 53.7 Å². The van der Waals surface area contributed by atoms with Crippen molar-refractivity contribution in [2.75, 3.05) is 6.61 Å². The summed E-state index contributed by atoms with van der Waals surface area (Å²) in [4.78, 5) is 16.6. The number of hydrogen-bond acceptors (Lipinski definition) is 5. The van der Waals surface area contributed by atoms with E-state index in [4.69, 9.17) is 9.26 Å². The van der Waals surface area contributed by atoms with Crippen LogP contribution in [0.4, 0.5) is 0 Å². The number of aryl methyl sites for hydroxylation is 1. The van der Waals surface area contributed by atoms with Crippen molar-refractivity contribution >= 4 is 5.91 Å². The van der Waals surface area contributed by atoms with Crippen molar-refractivity contribution in [3.05, 3.63) is 66.1 Å². The molecule has 1 aliphatic heterocycles. The van der Waals surface area contributed by atoms with E-state index in [0.29, 0.717) is 31.2 Å². The maximum Gasteiger partial charge on any atom is 0.227 e. The van der Waals surface area contributed by atoms with Gasteiger partial charge in [-0.15, -0.1) is 0 Å². The number of carbonyl (C=O) groups is 1. The topological polar surface area (TPSA) is 77.2 Å². The second-order valence-electron chi connectivity index (χ2n) is 6.27. The van der Waals surface area contributed by atoms with Gasteiger partial charge in [-0.3, -0.25) is 4.79 Å². The number of hydrogen-bond donors (Lipinski definition) is 1. The molecule has 1 amide bonds. The predicted molar refractivity (Wildman–Crippen MR) is 95.6 cm³/mol. The maximum absolute atomic E-state index is 12.2. The van der Waals surface area contributed by atoms with Crippen molar-refractivity contribution in [3.8, 4) is 17.1 Å². The number of amides is 1. The van der Waals surface area contributed by atoms with Crippen LogP contribution in [0.5, 0.6) is 5.75 Å². The minimum Gasteiger partial charge on any atom is -0.491 e. The highest BCUT2D eigenvalue weighted by atomic mass is 16.5. The lowest BCUT2D eigenvalue weighted by molar-refractivity contribution is -0.122. The molecule has 1 atom stereocenters. The number of carbonyl (C=O) groups excluding carboxylic acids is 1. The third-order valence-corrected chi connectivity index (χ3v) is 4.31. The van der Waals surface area contributed by atoms with Gasteiger partial charge in [0.2, 0.25) is 17.6 Å². The van der Waals surface area contributed by atoms with Crippen LogP contribution in [0.3, 0.4) is 0 Å². The second kappa shape index (κ2) is 7.39. The zero-order valence-corrected chi connectivity index (χ0v) is 14.2. The van der Waals surface area contributed by atoms with Crippen molar-refractivity contribution < 1.29 is 14.1 Å². The summed E-state index contributed by atoms with van der Waals surface area (Å²) in [6, 6.07) is 17.5. The van der Waals surface area contributed by atoms with E-state index in [1.54, 1.807) is 0 Å². The Morgan fingerprint density at radius 3 is 2.81 bits per heavy atom. The lowest BCUT2D eigenvalue weighted by atomic mass is 10.0. The molecule has 3 aromatic rings. The van der Waals surface area contributed by atoms with Gasteiger partial charge in [0.05, 0.1) is 6.04 Å². The summed E-state index contributed by atoms with van der Waals surface area (Å²) in [5.74, 6) is 1.86. The lowest BCUT2D eigenvalue weighted by Gasteiger charge is -2.25. The van der Waals surface area contributed by atoms with E-state index in [2.05, 4.69) is 15.5 Å². The van der Waals surface area contributed by atoms with Crippen LogP contribution in [-0.4, -0.2) is 28.7 Å². The number of ether oxygens (including phenoxy) is 1. The van der Waals surface area contributed by atoms with Gasteiger partial charge in [-0.25, -0.2) is 0 Å². The van der Waals surface area contributed by atoms with E-state index < -0.39 is 0 Å². The highest BCUT2D eigenvalue weighted by molar-refractivity contribution is 5.76. The van der Waals surface area contributed by atoms with Crippen LogP contribution in [0.1, 0.15) is 17.9 Å². The number of aromatic nitrogens is 2. The molecule has 1 aromatic heterocycles. The number of nitrogens with one attached hydrogen (secondary N) is 1. The molecule has 1 N–H and O–H groups in total. The fourth-order valence-electron chi connectivity index (χ4n) is 3.00. The van der Waals surface area contributed by atoms with Crippen LogP contribution in [-0.2, 0) is 17.6 Å². The van der Waals surface area contributed by atoms with E-state index in [-0.39, 0.29) is 11.9 Å². The molecule has 0 unspecified atom stereocenters. The maximum atomic E-state index is 12.2. The Morgan fingerprint density at radius 1 is 1.12 bits per heavy atom. The number of nitrogens with zero attached hydrogens (tertiary/aromatic N) is 2. The molecular formula is C20H19N3O3. The average molecular weight is 349 g/mol. The van der Waals surface area contributed by atoms with Gasteiger partial charge in [0.25, 0.3) is 0 Å². The molecule has 132 valence electrons. The van der Waals surface area contributed by atoms with Gasteiger partial charge < -0.3 is 14.6 Å². The number of para-hydroxylation sites is 1. The quantitative estimate of drug-likeness (QED) is 0.766. The van der Waals surface area contributed by atoms with Gasteiger partial charge in [0, 0.05) is 18.4 Å². The normalized spacial score (nSPS) is 15.8. The summed E-state index contributed by atoms with van der Waals surface area (Å²) in [5.41, 5.74) is 2.01. The molecule has 4 rings (SSSR count). The molecular weight excluding hydrogens is 330 g/mol. The molecule has 0 bridgehead atoms. The third-order valence-electron chi connectivity index (χ3n) is 4.31. The van der Waals surface area contributed by atoms with Crippen molar-refractivity contribution in [2.24, 2.45) is 0 Å². The van der Waals surface area contributed by atoms with E-state index in [0.717, 1.165) is 23.3 Å². The zero-order chi connectivity index (χ0) is 17.8. The molecule has 2 aromatic carbocycles. The molecule has 0 aliphatic carbocycles. The van der Waals surface area contributed by atoms with E-state index in [9.17, 15) is 4.79 Å². The van der Waals surface area contributed by atoms with Crippen molar-refractivity contribution in [2.45, 2.75) is 25.3 Å². The number of rotatable bonds is 5. The number of benzene rings is 2. The number of fused-ring (bicyclic) bond motifs is 1. The third kappa shape index (κ3) is 3.74. The zero-order valence-electron chi connectivity index (χ0n) is 14.2. The summed E-state index contributed by atoms with van der Waals surface area (Å²) < 4.78 is 10.9. The summed E-state index contributed by atoms with van der Waals surface area (Å²) in [6.07, 6.45) is 1.49. The Hall–Kier alpha value is -3.15. The van der Waals surface area contributed by atoms with Crippen LogP contribution >= 0.6 is 0 Å². The summed E-state index contributed by atoms with van der Waals surface area (Å²) in [7, 11) is 0. The van der Waals surface area contributed by atoms with Gasteiger partial charge >= 0.3 is 0 Å². The predicted octanol–water partition coefficient (Wildman–Crippen LogP) is 2.79. The molecule has 0 saturated heterocycles. The van der Waals surface area contributed by atoms with Crippen molar-refractivity contribution in [3.63, 3.8) is 0 Å². The highest BCUT2D eigenvalue weighted by Crippen LogP contribution is 2.24. The molecule has 26 heavy (non-hydrogen) atoms. The van der Waals surface area contributed by atoms with E-state index in [1.165, 1.54) is 0 Å². The summed E-state index contributed by atoms with van der Waals surface area (Å²) >= 11 is 0. The van der Waals surface area contributed by atoms with Crippen LogP contribution in [0, 0.1) is 0 Å². The SMILES string of the molecule is O=C(CCc1nc(-c2ccccc2)no1)N[C@H]1COc2ccccc2C1. The first-order valence-corrected chi connectivity index (χ1v) is 8.66. The Bertz CT molecular complexity index is 892. The average Bonchev–Trinajstić information content (AvgIpc) is 3.16. The standard InChI is InChI=1S/C20H19N3O3/c24-18(21-16-12-15-8-4-5-9-17(15)25-13-16)10-11-19-22-20(23-26-19)14-6-2-1-3-7-14/h1-9,16H,10-13H2,(H,21,24)/t16-/m1/s1. The van der Waals surface area contributed by atoms with Crippen LogP contribution < -0.4 is 10.1 Å². The Kier molecular flexibility index (Phi) is 4.64. The molecule has 0 fully saturated rings. The fraction of sp³-hybridized carbons (Fsp3) is 0.250. The molecule has 6 heteroatoms. The first-order chi connectivity index (χ1) is 12.8. The molecule has 1 aliphatic rings. The second-order valence-corrected chi connectivity index (χ2v) is 6.27. The Morgan fingerprint density at radius 2 is 1.92 bits per heavy atom. The van der Waals surface area contributed by atoms with Crippen LogP contribution in [0.2, 0.25) is 0 Å². The van der Waals surface area contributed by atoms with E-state index >= 15 is 0 Å².